The SMILES string of the molecule is CCc1cc(C(=O)O[N+](=O)[O-])ccc1NCCCOC. The van der Waals surface area contributed by atoms with Gasteiger partial charge in [-0.25, -0.2) is 4.84 Å². The largest absolute Gasteiger partial charge is 0.385 e. The molecular weight excluding hydrogens is 264 g/mol. The van der Waals surface area contributed by atoms with Crippen LogP contribution >= 0.6 is 0 Å². The number of nitrogens with zero attached hydrogens (tertiary/aromatic N) is 1. The fourth-order valence-electron chi connectivity index (χ4n) is 1.75. The zero-order valence-corrected chi connectivity index (χ0v) is 11.5. The molecule has 1 aromatic carbocycles. The second-order valence-corrected chi connectivity index (χ2v) is 4.10. The molecule has 0 unspecified atom stereocenters. The number of methoxy groups -OCH3 is 1. The van der Waals surface area contributed by atoms with E-state index in [4.69, 9.17) is 4.74 Å². The van der Waals surface area contributed by atoms with Gasteiger partial charge in [-0.05, 0) is 36.6 Å². The van der Waals surface area contributed by atoms with Gasteiger partial charge in [0.25, 0.3) is 0 Å². The maximum atomic E-state index is 11.4. The number of benzene rings is 1. The molecule has 7 heteroatoms. The topological polar surface area (TPSA) is 90.7 Å². The lowest BCUT2D eigenvalue weighted by Gasteiger charge is -2.12. The lowest BCUT2D eigenvalue weighted by Crippen LogP contribution is -2.12. The van der Waals surface area contributed by atoms with E-state index in [0.717, 1.165) is 24.2 Å². The van der Waals surface area contributed by atoms with Crippen molar-refractivity contribution < 1.29 is 19.5 Å². The molecule has 0 saturated heterocycles. The first kappa shape index (κ1) is 15.9. The first-order valence-electron chi connectivity index (χ1n) is 6.31. The number of rotatable bonds is 8. The maximum Gasteiger partial charge on any atom is 0.334 e. The molecule has 0 aliphatic heterocycles. The summed E-state index contributed by atoms with van der Waals surface area (Å²) in [5.41, 5.74) is 1.97. The van der Waals surface area contributed by atoms with Crippen molar-refractivity contribution in [1.82, 2.24) is 0 Å². The smallest absolute Gasteiger partial charge is 0.334 e. The Hall–Kier alpha value is -2.15. The maximum absolute atomic E-state index is 11.4. The standard InChI is InChI=1S/C13H18N2O5/c1-3-10-9-11(13(16)20-15(17)18)5-6-12(10)14-7-4-8-19-2/h5-6,9,14H,3-4,7-8H2,1-2H3. The van der Waals surface area contributed by atoms with Crippen molar-refractivity contribution in [3.05, 3.63) is 39.4 Å². The highest BCUT2D eigenvalue weighted by molar-refractivity contribution is 5.89. The van der Waals surface area contributed by atoms with Crippen molar-refractivity contribution in [1.29, 1.82) is 0 Å². The summed E-state index contributed by atoms with van der Waals surface area (Å²) in [6, 6.07) is 4.83. The predicted octanol–water partition coefficient (Wildman–Crippen LogP) is 2.05. The van der Waals surface area contributed by atoms with Crippen LogP contribution in [0.15, 0.2) is 18.2 Å². The predicted molar refractivity (Wildman–Crippen MR) is 73.2 cm³/mol. The third kappa shape index (κ3) is 4.85. The van der Waals surface area contributed by atoms with Gasteiger partial charge in [-0.1, -0.05) is 6.92 Å². The van der Waals surface area contributed by atoms with E-state index in [-0.39, 0.29) is 5.56 Å². The van der Waals surface area contributed by atoms with Crippen molar-refractivity contribution in [3.8, 4) is 0 Å². The molecule has 1 N–H and O–H groups in total. The minimum Gasteiger partial charge on any atom is -0.385 e. The van der Waals surface area contributed by atoms with E-state index in [0.29, 0.717) is 13.0 Å². The Morgan fingerprint density at radius 1 is 1.45 bits per heavy atom. The fourth-order valence-corrected chi connectivity index (χ4v) is 1.75. The molecule has 0 heterocycles. The summed E-state index contributed by atoms with van der Waals surface area (Å²) < 4.78 is 4.96. The third-order valence-electron chi connectivity index (χ3n) is 2.72. The summed E-state index contributed by atoms with van der Waals surface area (Å²) in [4.78, 5) is 25.5. The molecule has 20 heavy (non-hydrogen) atoms. The van der Waals surface area contributed by atoms with Gasteiger partial charge < -0.3 is 10.1 Å². The molecule has 0 saturated carbocycles. The Bertz CT molecular complexity index is 476. The van der Waals surface area contributed by atoms with E-state index in [2.05, 4.69) is 10.2 Å². The summed E-state index contributed by atoms with van der Waals surface area (Å²) >= 11 is 0. The van der Waals surface area contributed by atoms with Crippen molar-refractivity contribution in [3.63, 3.8) is 0 Å². The van der Waals surface area contributed by atoms with Crippen LogP contribution in [0.25, 0.3) is 0 Å². The van der Waals surface area contributed by atoms with E-state index in [1.54, 1.807) is 19.2 Å². The molecule has 0 amide bonds. The van der Waals surface area contributed by atoms with Crippen LogP contribution in [0.4, 0.5) is 5.69 Å². The molecule has 0 bridgehead atoms. The summed E-state index contributed by atoms with van der Waals surface area (Å²) in [5.74, 6) is -0.962. The van der Waals surface area contributed by atoms with Crippen LogP contribution in [0.3, 0.4) is 0 Å². The average molecular weight is 282 g/mol. The lowest BCUT2D eigenvalue weighted by molar-refractivity contribution is -0.727. The first-order valence-corrected chi connectivity index (χ1v) is 6.31. The van der Waals surface area contributed by atoms with Crippen LogP contribution in [0.2, 0.25) is 0 Å². The number of anilines is 1. The van der Waals surface area contributed by atoms with Gasteiger partial charge in [-0.2, -0.15) is 0 Å². The van der Waals surface area contributed by atoms with Gasteiger partial charge in [0, 0.05) is 31.5 Å². The molecule has 0 aliphatic carbocycles. The molecule has 110 valence electrons. The Morgan fingerprint density at radius 2 is 2.20 bits per heavy atom. The van der Waals surface area contributed by atoms with Crippen LogP contribution in [0.5, 0.6) is 0 Å². The second kappa shape index (κ2) is 8.11. The van der Waals surface area contributed by atoms with Crippen LogP contribution < -0.4 is 5.32 Å². The fraction of sp³-hybridized carbons (Fsp3) is 0.462. The Balaban J connectivity index is 2.74. The van der Waals surface area contributed by atoms with Crippen LogP contribution in [0, 0.1) is 10.1 Å². The zero-order chi connectivity index (χ0) is 15.0. The van der Waals surface area contributed by atoms with E-state index in [1.807, 2.05) is 6.92 Å². The minimum absolute atomic E-state index is 0.168. The summed E-state index contributed by atoms with van der Waals surface area (Å²) in [6.07, 6.45) is 1.57. The van der Waals surface area contributed by atoms with Crippen molar-refractivity contribution >= 4 is 11.7 Å². The number of ether oxygens (including phenoxy) is 1. The third-order valence-corrected chi connectivity index (χ3v) is 2.72. The van der Waals surface area contributed by atoms with Crippen molar-refractivity contribution in [2.45, 2.75) is 19.8 Å². The summed E-state index contributed by atoms with van der Waals surface area (Å²) in [6.45, 7) is 3.36. The van der Waals surface area contributed by atoms with Gasteiger partial charge in [0.15, 0.2) is 0 Å². The zero-order valence-electron chi connectivity index (χ0n) is 11.5. The Kier molecular flexibility index (Phi) is 6.45. The average Bonchev–Trinajstić information content (AvgIpc) is 2.42. The van der Waals surface area contributed by atoms with E-state index < -0.39 is 11.1 Å². The number of aryl methyl sites for hydroxylation is 1. The number of nitrogens with one attached hydrogen (secondary N) is 1. The van der Waals surface area contributed by atoms with Gasteiger partial charge in [-0.3, -0.25) is 4.79 Å². The molecule has 1 rings (SSSR count). The molecule has 0 radical (unpaired) electrons. The van der Waals surface area contributed by atoms with Gasteiger partial charge >= 0.3 is 11.1 Å². The summed E-state index contributed by atoms with van der Waals surface area (Å²) in [7, 11) is 1.65. The second-order valence-electron chi connectivity index (χ2n) is 4.10. The quantitative estimate of drug-likeness (QED) is 0.446. The number of carbonyl (C=O) groups excluding carboxylic acids is 1. The number of hydrogen-bond acceptors (Lipinski definition) is 6. The minimum atomic E-state index is -1.11. The normalized spacial score (nSPS) is 10.1. The van der Waals surface area contributed by atoms with E-state index in [9.17, 15) is 14.9 Å². The molecule has 7 nitrogen and oxygen atoms in total. The first-order chi connectivity index (χ1) is 9.58. The Morgan fingerprint density at radius 3 is 2.80 bits per heavy atom. The Labute approximate surface area is 117 Å². The molecule has 0 aliphatic rings. The highest BCUT2D eigenvalue weighted by Gasteiger charge is 2.12. The molecule has 0 spiro atoms. The van der Waals surface area contributed by atoms with Crippen molar-refractivity contribution in [2.24, 2.45) is 0 Å². The molecule has 0 fully saturated rings. The highest BCUT2D eigenvalue weighted by Crippen LogP contribution is 2.19. The number of hydrogen-bond donors (Lipinski definition) is 1. The van der Waals surface area contributed by atoms with Crippen LogP contribution in [-0.4, -0.2) is 31.3 Å². The molecular formula is C13H18N2O5. The lowest BCUT2D eigenvalue weighted by atomic mass is 10.1. The monoisotopic (exact) mass is 282 g/mol. The highest BCUT2D eigenvalue weighted by atomic mass is 17.0. The molecule has 0 atom stereocenters. The van der Waals surface area contributed by atoms with Gasteiger partial charge in [0.2, 0.25) is 0 Å². The van der Waals surface area contributed by atoms with E-state index >= 15 is 0 Å². The van der Waals surface area contributed by atoms with Crippen molar-refractivity contribution in [2.75, 3.05) is 25.6 Å². The van der Waals surface area contributed by atoms with Gasteiger partial charge in [0.05, 0.1) is 0 Å². The molecule has 1 aromatic rings. The van der Waals surface area contributed by atoms with Gasteiger partial charge in [-0.15, -0.1) is 10.1 Å². The van der Waals surface area contributed by atoms with Crippen LogP contribution in [-0.2, 0) is 16.0 Å². The summed E-state index contributed by atoms with van der Waals surface area (Å²) in [5, 5.41) is 12.3. The van der Waals surface area contributed by atoms with Crippen LogP contribution in [0.1, 0.15) is 29.3 Å². The molecule has 0 aromatic heterocycles. The van der Waals surface area contributed by atoms with E-state index in [1.165, 1.54) is 6.07 Å². The number of carbonyl (C=O) groups is 1. The van der Waals surface area contributed by atoms with Gasteiger partial charge in [0.1, 0.15) is 0 Å².